The number of rotatable bonds is 14. The smallest absolute Gasteiger partial charge is 0.251 e. The van der Waals surface area contributed by atoms with Crippen LogP contribution in [0.5, 0.6) is 0 Å². The summed E-state index contributed by atoms with van der Waals surface area (Å²) < 4.78 is 31.9. The number of benzene rings is 1. The monoisotopic (exact) mass is 398 g/mol. The molecular formula is C20H34N2O4S. The van der Waals surface area contributed by atoms with Crippen LogP contribution in [0, 0.1) is 6.92 Å². The molecule has 0 unspecified atom stereocenters. The Hall–Kier alpha value is -1.44. The van der Waals surface area contributed by atoms with Crippen molar-refractivity contribution in [1.82, 2.24) is 10.0 Å². The van der Waals surface area contributed by atoms with Gasteiger partial charge in [0.05, 0.1) is 11.5 Å². The zero-order valence-corrected chi connectivity index (χ0v) is 17.7. The number of ether oxygens (including phenoxy) is 1. The number of aryl methyl sites for hydroxylation is 1. The molecule has 0 heterocycles. The van der Waals surface area contributed by atoms with Gasteiger partial charge in [-0.1, -0.05) is 51.5 Å². The molecule has 2 N–H and O–H groups in total. The van der Waals surface area contributed by atoms with E-state index in [2.05, 4.69) is 17.0 Å². The highest BCUT2D eigenvalue weighted by molar-refractivity contribution is 7.89. The summed E-state index contributed by atoms with van der Waals surface area (Å²) in [5, 5.41) is 2.90. The second-order valence-corrected chi connectivity index (χ2v) is 8.51. The molecule has 0 saturated heterocycles. The van der Waals surface area contributed by atoms with Gasteiger partial charge in [0.15, 0.2) is 0 Å². The molecule has 0 atom stereocenters. The molecule has 0 aliphatic carbocycles. The fourth-order valence-corrected chi connectivity index (χ4v) is 3.79. The van der Waals surface area contributed by atoms with Crippen LogP contribution in [0.1, 0.15) is 67.8 Å². The Labute approximate surface area is 164 Å². The van der Waals surface area contributed by atoms with Crippen molar-refractivity contribution in [3.8, 4) is 0 Å². The van der Waals surface area contributed by atoms with E-state index in [0.29, 0.717) is 12.1 Å². The van der Waals surface area contributed by atoms with Gasteiger partial charge in [0.2, 0.25) is 10.0 Å². The highest BCUT2D eigenvalue weighted by Crippen LogP contribution is 2.16. The maximum Gasteiger partial charge on any atom is 0.251 e. The van der Waals surface area contributed by atoms with Gasteiger partial charge in [-0.3, -0.25) is 4.79 Å². The van der Waals surface area contributed by atoms with E-state index >= 15 is 0 Å². The average Bonchev–Trinajstić information content (AvgIpc) is 2.64. The summed E-state index contributed by atoms with van der Waals surface area (Å²) in [6.45, 7) is 5.09. The van der Waals surface area contributed by atoms with E-state index in [1.54, 1.807) is 13.0 Å². The van der Waals surface area contributed by atoms with Gasteiger partial charge in [-0.05, 0) is 31.0 Å². The van der Waals surface area contributed by atoms with Crippen molar-refractivity contribution in [2.45, 2.75) is 63.7 Å². The first-order chi connectivity index (χ1) is 12.9. The van der Waals surface area contributed by atoms with Crippen molar-refractivity contribution < 1.29 is 17.9 Å². The topological polar surface area (TPSA) is 84.5 Å². The first kappa shape index (κ1) is 23.6. The fourth-order valence-electron chi connectivity index (χ4n) is 2.75. The standard InChI is InChI=1S/C20H34N2O4S/c1-4-5-6-7-8-9-10-13-21-20(23)19-16-18(12-11-17(19)2)27(24,25)22-14-15-26-3/h11-12,16,22H,4-10,13-15H2,1-3H3,(H,21,23). The van der Waals surface area contributed by atoms with Crippen molar-refractivity contribution >= 4 is 15.9 Å². The molecule has 27 heavy (non-hydrogen) atoms. The Bertz CT molecular complexity index is 675. The summed E-state index contributed by atoms with van der Waals surface area (Å²) >= 11 is 0. The molecule has 1 aromatic carbocycles. The number of methoxy groups -OCH3 is 1. The molecular weight excluding hydrogens is 364 g/mol. The molecule has 0 bridgehead atoms. The lowest BCUT2D eigenvalue weighted by Crippen LogP contribution is -2.28. The Balaban J connectivity index is 2.54. The molecule has 6 nitrogen and oxygen atoms in total. The van der Waals surface area contributed by atoms with Crippen LogP contribution < -0.4 is 10.0 Å². The Morgan fingerprint density at radius 3 is 2.37 bits per heavy atom. The molecule has 154 valence electrons. The number of carbonyl (C=O) groups is 1. The van der Waals surface area contributed by atoms with Crippen LogP contribution in [0.15, 0.2) is 23.1 Å². The molecule has 0 aromatic heterocycles. The van der Waals surface area contributed by atoms with Gasteiger partial charge in [-0.15, -0.1) is 0 Å². The third kappa shape index (κ3) is 8.86. The minimum Gasteiger partial charge on any atom is -0.383 e. The SMILES string of the molecule is CCCCCCCCCNC(=O)c1cc(S(=O)(=O)NCCOC)ccc1C. The van der Waals surface area contributed by atoms with Crippen LogP contribution in [-0.4, -0.2) is 41.1 Å². The normalized spacial score (nSPS) is 11.5. The predicted octanol–water partition coefficient (Wildman–Crippen LogP) is 3.40. The van der Waals surface area contributed by atoms with Crippen molar-refractivity contribution in [2.75, 3.05) is 26.8 Å². The summed E-state index contributed by atoms with van der Waals surface area (Å²) in [6, 6.07) is 4.61. The summed E-state index contributed by atoms with van der Waals surface area (Å²) in [6.07, 6.45) is 8.28. The third-order valence-electron chi connectivity index (χ3n) is 4.43. The number of sulfonamides is 1. The maximum atomic E-state index is 12.4. The molecule has 0 aliphatic heterocycles. The van der Waals surface area contributed by atoms with Crippen LogP contribution in [0.3, 0.4) is 0 Å². The van der Waals surface area contributed by atoms with E-state index in [9.17, 15) is 13.2 Å². The molecule has 7 heteroatoms. The largest absolute Gasteiger partial charge is 0.383 e. The van der Waals surface area contributed by atoms with Crippen molar-refractivity contribution in [1.29, 1.82) is 0 Å². The molecule has 0 spiro atoms. The molecule has 1 amide bonds. The van der Waals surface area contributed by atoms with Gasteiger partial charge >= 0.3 is 0 Å². The number of carbonyl (C=O) groups excluding carboxylic acids is 1. The van der Waals surface area contributed by atoms with Gasteiger partial charge in [0.25, 0.3) is 5.91 Å². The third-order valence-corrected chi connectivity index (χ3v) is 5.89. The molecule has 0 aliphatic rings. The second kappa shape index (κ2) is 12.9. The van der Waals surface area contributed by atoms with Crippen molar-refractivity contribution in [3.63, 3.8) is 0 Å². The highest BCUT2D eigenvalue weighted by Gasteiger charge is 2.17. The van der Waals surface area contributed by atoms with E-state index in [-0.39, 0.29) is 24.0 Å². The number of amides is 1. The quantitative estimate of drug-likeness (QED) is 0.470. The summed E-state index contributed by atoms with van der Waals surface area (Å²) in [5.41, 5.74) is 1.15. The molecule has 0 saturated carbocycles. The minimum absolute atomic E-state index is 0.0882. The molecule has 0 radical (unpaired) electrons. The zero-order valence-electron chi connectivity index (χ0n) is 16.8. The second-order valence-electron chi connectivity index (χ2n) is 6.74. The van der Waals surface area contributed by atoms with E-state index in [4.69, 9.17) is 4.74 Å². The molecule has 1 aromatic rings. The lowest BCUT2D eigenvalue weighted by Gasteiger charge is -2.11. The zero-order chi connectivity index (χ0) is 20.1. The van der Waals surface area contributed by atoms with Crippen LogP contribution in [-0.2, 0) is 14.8 Å². The number of hydrogen-bond donors (Lipinski definition) is 2. The van der Waals surface area contributed by atoms with Crippen LogP contribution in [0.25, 0.3) is 0 Å². The van der Waals surface area contributed by atoms with Crippen molar-refractivity contribution in [3.05, 3.63) is 29.3 Å². The molecule has 0 fully saturated rings. The number of nitrogens with one attached hydrogen (secondary N) is 2. The van der Waals surface area contributed by atoms with Gasteiger partial charge < -0.3 is 10.1 Å². The lowest BCUT2D eigenvalue weighted by atomic mass is 10.1. The average molecular weight is 399 g/mol. The highest BCUT2D eigenvalue weighted by atomic mass is 32.2. The molecule has 1 rings (SSSR count). The first-order valence-electron chi connectivity index (χ1n) is 9.79. The Morgan fingerprint density at radius 2 is 1.70 bits per heavy atom. The summed E-state index contributed by atoms with van der Waals surface area (Å²) in [4.78, 5) is 12.5. The summed E-state index contributed by atoms with van der Waals surface area (Å²) in [5.74, 6) is -0.229. The summed E-state index contributed by atoms with van der Waals surface area (Å²) in [7, 11) is -2.15. The lowest BCUT2D eigenvalue weighted by molar-refractivity contribution is 0.0952. The van der Waals surface area contributed by atoms with E-state index in [1.807, 2.05) is 0 Å². The van der Waals surface area contributed by atoms with Crippen LogP contribution in [0.4, 0.5) is 0 Å². The van der Waals surface area contributed by atoms with E-state index in [1.165, 1.54) is 51.3 Å². The Kier molecular flexibility index (Phi) is 11.2. The fraction of sp³-hybridized carbons (Fsp3) is 0.650. The van der Waals surface area contributed by atoms with Crippen molar-refractivity contribution in [2.24, 2.45) is 0 Å². The first-order valence-corrected chi connectivity index (χ1v) is 11.3. The van der Waals surface area contributed by atoms with Gasteiger partial charge in [-0.2, -0.15) is 0 Å². The van der Waals surface area contributed by atoms with Gasteiger partial charge in [0.1, 0.15) is 0 Å². The van der Waals surface area contributed by atoms with Crippen LogP contribution in [0.2, 0.25) is 0 Å². The van der Waals surface area contributed by atoms with E-state index in [0.717, 1.165) is 18.4 Å². The Morgan fingerprint density at radius 1 is 1.04 bits per heavy atom. The van der Waals surface area contributed by atoms with Gasteiger partial charge in [0, 0.05) is 25.8 Å². The number of hydrogen-bond acceptors (Lipinski definition) is 4. The van der Waals surface area contributed by atoms with Crippen LogP contribution >= 0.6 is 0 Å². The number of unbranched alkanes of at least 4 members (excludes halogenated alkanes) is 6. The minimum atomic E-state index is -3.66. The van der Waals surface area contributed by atoms with E-state index < -0.39 is 10.0 Å². The predicted molar refractivity (Wildman–Crippen MR) is 109 cm³/mol. The maximum absolute atomic E-state index is 12.4. The van der Waals surface area contributed by atoms with Gasteiger partial charge in [-0.25, -0.2) is 13.1 Å².